The zero-order valence-corrected chi connectivity index (χ0v) is 39.3. The quantitative estimate of drug-likeness (QED) is 0.164. The highest BCUT2D eigenvalue weighted by molar-refractivity contribution is 7.22. The summed E-state index contributed by atoms with van der Waals surface area (Å²) in [5.41, 5.74) is 18.1. The van der Waals surface area contributed by atoms with Crippen LogP contribution in [0.4, 0.5) is 34.3 Å². The molecule has 64 heavy (non-hydrogen) atoms. The van der Waals surface area contributed by atoms with Crippen LogP contribution in [0.3, 0.4) is 0 Å². The number of furan rings is 1. The van der Waals surface area contributed by atoms with Crippen LogP contribution in [0.1, 0.15) is 63.8 Å². The summed E-state index contributed by atoms with van der Waals surface area (Å²) >= 11 is 3.73. The molecule has 2 aliphatic rings. The minimum atomic E-state index is -0.0723. The van der Waals surface area contributed by atoms with Crippen LogP contribution in [-0.2, 0) is 10.8 Å². The topological polar surface area (TPSA) is 19.6 Å². The molecule has 3 nitrogen and oxygen atoms in total. The second-order valence-corrected chi connectivity index (χ2v) is 22.1. The molecule has 12 rings (SSSR count). The van der Waals surface area contributed by atoms with Gasteiger partial charge < -0.3 is 9.32 Å². The van der Waals surface area contributed by atoms with Crippen molar-refractivity contribution in [2.45, 2.75) is 66.2 Å². The van der Waals surface area contributed by atoms with E-state index in [1.807, 2.05) is 22.7 Å². The van der Waals surface area contributed by atoms with Crippen LogP contribution >= 0.6 is 22.7 Å². The first-order valence-corrected chi connectivity index (χ1v) is 24.1. The van der Waals surface area contributed by atoms with E-state index in [4.69, 9.17) is 4.42 Å². The molecule has 0 aliphatic carbocycles. The molecule has 0 bridgehead atoms. The molecule has 0 saturated heterocycles. The molecule has 0 saturated carbocycles. The highest BCUT2D eigenvalue weighted by Crippen LogP contribution is 2.49. The lowest BCUT2D eigenvalue weighted by molar-refractivity contribution is 0.589. The van der Waals surface area contributed by atoms with E-state index in [1.165, 1.54) is 102 Å². The highest BCUT2D eigenvalue weighted by Gasteiger charge is 2.47. The van der Waals surface area contributed by atoms with Crippen LogP contribution in [-0.4, -0.2) is 6.71 Å². The molecule has 0 atom stereocenters. The first kappa shape index (κ1) is 39.3. The van der Waals surface area contributed by atoms with E-state index >= 15 is 0 Å². The average Bonchev–Trinajstić information content (AvgIpc) is 4.01. The fourth-order valence-corrected chi connectivity index (χ4v) is 12.5. The lowest BCUT2D eigenvalue weighted by Gasteiger charge is -2.43. The number of thiophene rings is 2. The van der Waals surface area contributed by atoms with Crippen LogP contribution in [0.15, 0.2) is 156 Å². The highest BCUT2D eigenvalue weighted by atomic mass is 32.1. The smallest absolute Gasteiger partial charge is 0.257 e. The third-order valence-electron chi connectivity index (χ3n) is 13.6. The molecule has 0 spiro atoms. The fourth-order valence-electron chi connectivity index (χ4n) is 10.4. The van der Waals surface area contributed by atoms with Gasteiger partial charge in [0, 0.05) is 52.8 Å². The third kappa shape index (κ3) is 6.06. The van der Waals surface area contributed by atoms with Gasteiger partial charge in [0.1, 0.15) is 5.58 Å². The number of hydrogen-bond acceptors (Lipinski definition) is 5. The molecule has 0 fully saturated rings. The maximum Gasteiger partial charge on any atom is 0.257 e. The van der Waals surface area contributed by atoms with E-state index in [0.717, 1.165) is 22.8 Å². The van der Waals surface area contributed by atoms with Gasteiger partial charge in [-0.15, -0.1) is 22.7 Å². The fraction of sp³-hybridized carbons (Fsp3) is 0.172. The molecule has 0 N–H and O–H groups in total. The Kier molecular flexibility index (Phi) is 8.64. The molecule has 3 aromatic heterocycles. The summed E-state index contributed by atoms with van der Waals surface area (Å²) in [5.74, 6) is 0.908. The number of benzene rings is 7. The molecule has 2 aliphatic heterocycles. The Balaban J connectivity index is 1.15. The molecule has 10 aromatic rings. The second-order valence-electron chi connectivity index (χ2n) is 19.9. The van der Waals surface area contributed by atoms with Gasteiger partial charge in [-0.1, -0.05) is 126 Å². The van der Waals surface area contributed by atoms with E-state index < -0.39 is 0 Å². The number of anilines is 6. The van der Waals surface area contributed by atoms with Gasteiger partial charge in [0.15, 0.2) is 0 Å². The van der Waals surface area contributed by atoms with Gasteiger partial charge >= 0.3 is 0 Å². The minimum absolute atomic E-state index is 0.0180. The van der Waals surface area contributed by atoms with Gasteiger partial charge in [0.05, 0.1) is 5.69 Å². The van der Waals surface area contributed by atoms with Gasteiger partial charge in [-0.3, -0.25) is 4.90 Å². The van der Waals surface area contributed by atoms with Gasteiger partial charge in [0.2, 0.25) is 5.88 Å². The van der Waals surface area contributed by atoms with Gasteiger partial charge in [-0.25, -0.2) is 0 Å². The van der Waals surface area contributed by atoms with Crippen molar-refractivity contribution >= 4 is 111 Å². The van der Waals surface area contributed by atoms with E-state index in [-0.39, 0.29) is 17.5 Å². The van der Waals surface area contributed by atoms with Crippen molar-refractivity contribution in [1.29, 1.82) is 0 Å². The maximum absolute atomic E-state index is 7.24. The Labute approximate surface area is 384 Å². The predicted octanol–water partition coefficient (Wildman–Crippen LogP) is 15.5. The molecular formula is C58H49BN2OS2. The van der Waals surface area contributed by atoms with Crippen molar-refractivity contribution < 1.29 is 4.42 Å². The van der Waals surface area contributed by atoms with Crippen molar-refractivity contribution in [2.75, 3.05) is 9.80 Å². The second kappa shape index (κ2) is 14.1. The van der Waals surface area contributed by atoms with Crippen LogP contribution in [0.2, 0.25) is 0 Å². The van der Waals surface area contributed by atoms with Crippen LogP contribution in [0, 0.1) is 13.8 Å². The molecule has 5 heterocycles. The summed E-state index contributed by atoms with van der Waals surface area (Å²) in [6.07, 6.45) is 0. The van der Waals surface area contributed by atoms with Crippen LogP contribution in [0.25, 0.3) is 52.0 Å². The Morgan fingerprint density at radius 1 is 0.500 bits per heavy atom. The first-order chi connectivity index (χ1) is 30.8. The van der Waals surface area contributed by atoms with E-state index in [2.05, 4.69) is 217 Å². The number of aryl methyl sites for hydroxylation is 2. The van der Waals surface area contributed by atoms with Gasteiger partial charge in [0.25, 0.3) is 6.71 Å². The zero-order valence-electron chi connectivity index (χ0n) is 37.6. The van der Waals surface area contributed by atoms with Crippen LogP contribution < -0.4 is 26.2 Å². The van der Waals surface area contributed by atoms with Gasteiger partial charge in [-0.2, -0.15) is 0 Å². The Hall–Kier alpha value is -6.34. The minimum Gasteiger partial charge on any atom is -0.440 e. The maximum atomic E-state index is 7.24. The molecule has 6 heteroatoms. The summed E-state index contributed by atoms with van der Waals surface area (Å²) in [7, 11) is 0. The standard InChI is InChI=1S/C58H49BN2OS2/c1-34-27-41(58(6,7)8)28-35(2)55(34)61-46-20-14-19-45-54(46)59(53-43-33-40(57(3,4)5)24-26-48(43)62-56(53)61)44-25-23-39(52-32-38-16-10-12-22-50(38)64-52)30-47(44)60(45)42-18-13-17-36(29-42)51-31-37-15-9-11-21-49(37)63-51/h9-33H,1-8H3. The Morgan fingerprint density at radius 3 is 1.75 bits per heavy atom. The van der Waals surface area contributed by atoms with Crippen molar-refractivity contribution in [1.82, 2.24) is 0 Å². The van der Waals surface area contributed by atoms with Crippen molar-refractivity contribution in [3.05, 3.63) is 174 Å². The molecule has 7 aromatic carbocycles. The number of fused-ring (bicyclic) bond motifs is 8. The zero-order chi connectivity index (χ0) is 43.8. The number of hydrogen-bond donors (Lipinski definition) is 0. The van der Waals surface area contributed by atoms with Crippen molar-refractivity contribution in [2.24, 2.45) is 0 Å². The molecular weight excluding hydrogens is 816 g/mol. The predicted molar refractivity (Wildman–Crippen MR) is 279 cm³/mol. The largest absolute Gasteiger partial charge is 0.440 e. The van der Waals surface area contributed by atoms with E-state index in [9.17, 15) is 0 Å². The van der Waals surface area contributed by atoms with Gasteiger partial charge in [-0.05, 0) is 146 Å². The average molecular weight is 865 g/mol. The first-order valence-electron chi connectivity index (χ1n) is 22.4. The number of nitrogens with zero attached hydrogens (tertiary/aromatic N) is 2. The normalized spacial score (nSPS) is 13.5. The van der Waals surface area contributed by atoms with Crippen molar-refractivity contribution in [3.8, 4) is 20.9 Å². The lowest BCUT2D eigenvalue weighted by Crippen LogP contribution is -2.61. The Bertz CT molecular complexity index is 3450. The summed E-state index contributed by atoms with van der Waals surface area (Å²) < 4.78 is 9.85. The molecule has 0 amide bonds. The lowest BCUT2D eigenvalue weighted by atomic mass is 9.33. The molecule has 312 valence electrons. The summed E-state index contributed by atoms with van der Waals surface area (Å²) in [6.45, 7) is 18.3. The van der Waals surface area contributed by atoms with Crippen LogP contribution in [0.5, 0.6) is 0 Å². The molecule has 0 unspecified atom stereocenters. The SMILES string of the molecule is Cc1cc(C(C)(C)C)cc(C)c1N1c2cccc3c2B(c2ccc(-c4cc5ccccc5s4)cc2N3c2cccc(-c3cc4ccccc4s3)c2)c2c1oc1ccc(C(C)(C)C)cc21. The summed E-state index contributed by atoms with van der Waals surface area (Å²) in [5, 5.41) is 3.74. The Morgan fingerprint density at radius 2 is 1.11 bits per heavy atom. The summed E-state index contributed by atoms with van der Waals surface area (Å²) in [6, 6.07) is 57.1. The van der Waals surface area contributed by atoms with E-state index in [1.54, 1.807) is 0 Å². The molecule has 0 radical (unpaired) electrons. The number of rotatable bonds is 4. The summed E-state index contributed by atoms with van der Waals surface area (Å²) in [4.78, 5) is 7.55. The van der Waals surface area contributed by atoms with Crippen molar-refractivity contribution in [3.63, 3.8) is 0 Å². The van der Waals surface area contributed by atoms with E-state index in [0.29, 0.717) is 0 Å². The third-order valence-corrected chi connectivity index (χ3v) is 15.9. The monoisotopic (exact) mass is 864 g/mol.